The van der Waals surface area contributed by atoms with Gasteiger partial charge in [-0.1, -0.05) is 0 Å². The second-order valence-corrected chi connectivity index (χ2v) is 6.69. The van der Waals surface area contributed by atoms with Crippen LogP contribution in [0.5, 0.6) is 0 Å². The van der Waals surface area contributed by atoms with E-state index >= 15 is 0 Å². The summed E-state index contributed by atoms with van der Waals surface area (Å²) in [6.45, 7) is 3.60. The first-order valence-electron chi connectivity index (χ1n) is 8.64. The SMILES string of the molecule is CN(C)C(=O)[C@@]1(c2cnccn2)CCCN1C(=O)CN1CCOCC1. The molecule has 3 heterocycles. The fourth-order valence-corrected chi connectivity index (χ4v) is 3.67. The Kier molecular flexibility index (Phi) is 5.29. The number of rotatable bonds is 4. The van der Waals surface area contributed by atoms with Gasteiger partial charge in [0.25, 0.3) is 5.91 Å². The number of hydrogen-bond donors (Lipinski definition) is 0. The minimum Gasteiger partial charge on any atom is -0.379 e. The zero-order chi connectivity index (χ0) is 17.9. The minimum absolute atomic E-state index is 0.0414. The van der Waals surface area contributed by atoms with Crippen molar-refractivity contribution in [1.82, 2.24) is 24.7 Å². The number of nitrogens with zero attached hydrogens (tertiary/aromatic N) is 5. The zero-order valence-electron chi connectivity index (χ0n) is 14.8. The molecular weight excluding hydrogens is 322 g/mol. The number of carbonyl (C=O) groups excluding carboxylic acids is 2. The number of aromatic nitrogens is 2. The summed E-state index contributed by atoms with van der Waals surface area (Å²) in [7, 11) is 3.42. The fourth-order valence-electron chi connectivity index (χ4n) is 3.67. The second kappa shape index (κ2) is 7.45. The molecule has 25 heavy (non-hydrogen) atoms. The number of morpholine rings is 1. The van der Waals surface area contributed by atoms with Crippen LogP contribution in [-0.2, 0) is 19.9 Å². The molecule has 1 atom stereocenters. The predicted molar refractivity (Wildman–Crippen MR) is 90.6 cm³/mol. The van der Waals surface area contributed by atoms with Crippen LogP contribution in [0.25, 0.3) is 0 Å². The topological polar surface area (TPSA) is 78.9 Å². The molecule has 1 aromatic rings. The molecule has 2 saturated heterocycles. The van der Waals surface area contributed by atoms with Crippen LogP contribution >= 0.6 is 0 Å². The van der Waals surface area contributed by atoms with E-state index < -0.39 is 5.54 Å². The van der Waals surface area contributed by atoms with E-state index in [2.05, 4.69) is 14.9 Å². The van der Waals surface area contributed by atoms with Gasteiger partial charge >= 0.3 is 0 Å². The molecular formula is C17H25N5O3. The van der Waals surface area contributed by atoms with Gasteiger partial charge in [0.2, 0.25) is 5.91 Å². The molecule has 0 N–H and O–H groups in total. The lowest BCUT2D eigenvalue weighted by Gasteiger charge is -2.39. The van der Waals surface area contributed by atoms with Gasteiger partial charge in [-0.25, -0.2) is 0 Å². The van der Waals surface area contributed by atoms with Crippen LogP contribution in [0.1, 0.15) is 18.5 Å². The summed E-state index contributed by atoms with van der Waals surface area (Å²) >= 11 is 0. The zero-order valence-corrected chi connectivity index (χ0v) is 14.8. The third kappa shape index (κ3) is 3.36. The van der Waals surface area contributed by atoms with Crippen molar-refractivity contribution in [1.29, 1.82) is 0 Å². The Morgan fingerprint density at radius 1 is 1.24 bits per heavy atom. The van der Waals surface area contributed by atoms with Crippen molar-refractivity contribution in [3.05, 3.63) is 24.3 Å². The summed E-state index contributed by atoms with van der Waals surface area (Å²) in [6.07, 6.45) is 6.08. The summed E-state index contributed by atoms with van der Waals surface area (Å²) in [5.74, 6) is -0.166. The average molecular weight is 347 g/mol. The van der Waals surface area contributed by atoms with Crippen molar-refractivity contribution >= 4 is 11.8 Å². The number of likely N-dealkylation sites (N-methyl/N-ethyl adjacent to an activating group) is 1. The molecule has 1 aromatic heterocycles. The standard InChI is InChI=1S/C17H25N5O3/c1-20(2)16(24)17(14-12-18-5-6-19-14)4-3-7-22(17)15(23)13-21-8-10-25-11-9-21/h5-6,12H,3-4,7-11,13H2,1-2H3/t17-/m0/s1. The van der Waals surface area contributed by atoms with Gasteiger partial charge in [0.15, 0.2) is 5.54 Å². The van der Waals surface area contributed by atoms with Crippen LogP contribution in [0.3, 0.4) is 0 Å². The molecule has 0 saturated carbocycles. The van der Waals surface area contributed by atoms with Crippen molar-refractivity contribution < 1.29 is 14.3 Å². The first kappa shape index (κ1) is 17.8. The van der Waals surface area contributed by atoms with Crippen molar-refractivity contribution in [3.8, 4) is 0 Å². The lowest BCUT2D eigenvalue weighted by molar-refractivity contribution is -0.152. The molecule has 0 radical (unpaired) electrons. The fraction of sp³-hybridized carbons (Fsp3) is 0.647. The number of carbonyl (C=O) groups is 2. The van der Waals surface area contributed by atoms with Gasteiger partial charge in [-0.05, 0) is 12.8 Å². The normalized spacial score (nSPS) is 24.3. The van der Waals surface area contributed by atoms with E-state index in [1.807, 2.05) is 0 Å². The Morgan fingerprint density at radius 3 is 2.64 bits per heavy atom. The third-order valence-corrected chi connectivity index (χ3v) is 4.89. The highest BCUT2D eigenvalue weighted by molar-refractivity contribution is 5.93. The Morgan fingerprint density at radius 2 is 2.00 bits per heavy atom. The van der Waals surface area contributed by atoms with E-state index in [-0.39, 0.29) is 11.8 Å². The second-order valence-electron chi connectivity index (χ2n) is 6.69. The van der Waals surface area contributed by atoms with Crippen LogP contribution < -0.4 is 0 Å². The monoisotopic (exact) mass is 347 g/mol. The number of amides is 2. The summed E-state index contributed by atoms with van der Waals surface area (Å²) in [6, 6.07) is 0. The molecule has 2 fully saturated rings. The lowest BCUT2D eigenvalue weighted by atomic mass is 9.90. The lowest BCUT2D eigenvalue weighted by Crippen LogP contribution is -2.57. The smallest absolute Gasteiger partial charge is 0.254 e. The van der Waals surface area contributed by atoms with Gasteiger partial charge in [0.1, 0.15) is 0 Å². The summed E-state index contributed by atoms with van der Waals surface area (Å²) < 4.78 is 5.34. The molecule has 2 aliphatic heterocycles. The molecule has 3 rings (SSSR count). The maximum absolute atomic E-state index is 13.1. The average Bonchev–Trinajstić information content (AvgIpc) is 3.08. The highest BCUT2D eigenvalue weighted by atomic mass is 16.5. The molecule has 2 amide bonds. The van der Waals surface area contributed by atoms with Gasteiger partial charge in [-0.2, -0.15) is 0 Å². The van der Waals surface area contributed by atoms with E-state index in [0.717, 1.165) is 19.5 Å². The number of hydrogen-bond acceptors (Lipinski definition) is 6. The van der Waals surface area contributed by atoms with Crippen LogP contribution in [-0.4, -0.2) is 90.0 Å². The van der Waals surface area contributed by atoms with E-state index in [1.54, 1.807) is 37.6 Å². The molecule has 0 aromatic carbocycles. The van der Waals surface area contributed by atoms with Crippen molar-refractivity contribution in [3.63, 3.8) is 0 Å². The maximum Gasteiger partial charge on any atom is 0.254 e. The number of ether oxygens (including phenoxy) is 1. The van der Waals surface area contributed by atoms with Gasteiger partial charge in [-0.15, -0.1) is 0 Å². The predicted octanol–water partition coefficient (Wildman–Crippen LogP) is -0.285. The van der Waals surface area contributed by atoms with Crippen molar-refractivity contribution in [2.24, 2.45) is 0 Å². The van der Waals surface area contributed by atoms with Crippen LogP contribution in [0, 0.1) is 0 Å². The largest absolute Gasteiger partial charge is 0.379 e. The summed E-state index contributed by atoms with van der Waals surface area (Å²) in [4.78, 5) is 40.0. The third-order valence-electron chi connectivity index (χ3n) is 4.89. The molecule has 2 aliphatic rings. The molecule has 0 spiro atoms. The van der Waals surface area contributed by atoms with Gasteiger partial charge in [0, 0.05) is 46.1 Å². The molecule has 0 aliphatic carbocycles. The van der Waals surface area contributed by atoms with Gasteiger partial charge in [0.05, 0.1) is 31.6 Å². The Labute approximate surface area is 147 Å². The highest BCUT2D eigenvalue weighted by Gasteiger charge is 2.53. The van der Waals surface area contributed by atoms with Gasteiger partial charge < -0.3 is 14.5 Å². The highest BCUT2D eigenvalue weighted by Crippen LogP contribution is 2.39. The van der Waals surface area contributed by atoms with E-state index in [4.69, 9.17) is 4.74 Å². The molecule has 8 heteroatoms. The maximum atomic E-state index is 13.1. The van der Waals surface area contributed by atoms with Crippen LogP contribution in [0.15, 0.2) is 18.6 Å². The molecule has 8 nitrogen and oxygen atoms in total. The summed E-state index contributed by atoms with van der Waals surface area (Å²) in [5, 5.41) is 0. The van der Waals surface area contributed by atoms with Crippen LogP contribution in [0.2, 0.25) is 0 Å². The first-order chi connectivity index (χ1) is 12.1. The minimum atomic E-state index is -1.05. The van der Waals surface area contributed by atoms with E-state index in [9.17, 15) is 9.59 Å². The van der Waals surface area contributed by atoms with Crippen LogP contribution in [0.4, 0.5) is 0 Å². The van der Waals surface area contributed by atoms with Crippen molar-refractivity contribution in [2.45, 2.75) is 18.4 Å². The van der Waals surface area contributed by atoms with Crippen molar-refractivity contribution in [2.75, 3.05) is 53.5 Å². The van der Waals surface area contributed by atoms with E-state index in [1.165, 1.54) is 4.90 Å². The molecule has 0 unspecified atom stereocenters. The number of likely N-dealkylation sites (tertiary alicyclic amines) is 1. The molecule has 136 valence electrons. The molecule has 0 bridgehead atoms. The quantitative estimate of drug-likeness (QED) is 0.745. The Balaban J connectivity index is 1.90. The van der Waals surface area contributed by atoms with Gasteiger partial charge in [-0.3, -0.25) is 24.5 Å². The Hall–Kier alpha value is -2.06. The summed E-state index contributed by atoms with van der Waals surface area (Å²) in [5.41, 5.74) is -0.511. The first-order valence-corrected chi connectivity index (χ1v) is 8.64. The Bertz CT molecular complexity index is 618. The van der Waals surface area contributed by atoms with E-state index in [0.29, 0.717) is 38.4 Å².